The zero-order valence-electron chi connectivity index (χ0n) is 2.92. The molecule has 0 aromatic heterocycles. The van der Waals surface area contributed by atoms with Crippen LogP contribution in [0.1, 0.15) is 0 Å². The van der Waals surface area contributed by atoms with E-state index in [0.717, 1.165) is 0 Å². The van der Waals surface area contributed by atoms with Crippen LogP contribution in [0.3, 0.4) is 0 Å². The van der Waals surface area contributed by atoms with Gasteiger partial charge in [0.15, 0.2) is 0 Å². The molecule has 0 unspecified atom stereocenters. The van der Waals surface area contributed by atoms with Gasteiger partial charge in [0, 0.05) is 6.17 Å². The monoisotopic (exact) mass is 163 g/mol. The lowest BCUT2D eigenvalue weighted by Crippen LogP contribution is -2.23. The van der Waals surface area contributed by atoms with E-state index < -0.39 is 6.00 Å². The highest BCUT2D eigenvalue weighted by Crippen LogP contribution is 2.16. The molecule has 0 aliphatic heterocycles. The molecule has 0 aromatic rings. The van der Waals surface area contributed by atoms with Crippen molar-refractivity contribution in [2.24, 2.45) is 5.73 Å². The van der Waals surface area contributed by atoms with Gasteiger partial charge in [-0.1, -0.05) is 0 Å². The van der Waals surface area contributed by atoms with Crippen molar-refractivity contribution < 1.29 is 0 Å². The molecule has 0 spiro atoms. The maximum Gasteiger partial charge on any atom is 0.354 e. The fraction of sp³-hybridized carbons (Fsp3) is 1.00. The molecule has 0 aliphatic rings. The minimum atomic E-state index is -2.44. The van der Waals surface area contributed by atoms with E-state index in [1.54, 1.807) is 0 Å². The molecule has 0 saturated carbocycles. The van der Waals surface area contributed by atoms with Crippen molar-refractivity contribution in [3.05, 3.63) is 0 Å². The largest absolute Gasteiger partial charge is 0.354 e. The van der Waals surface area contributed by atoms with Gasteiger partial charge in [0.05, 0.1) is 0 Å². The molecular weight excluding hydrogens is 160 g/mol. The van der Waals surface area contributed by atoms with Crippen LogP contribution in [0.2, 0.25) is 0 Å². The van der Waals surface area contributed by atoms with Gasteiger partial charge in [0.2, 0.25) is 0 Å². The standard InChI is InChI=1S/CH4Cl3NSi/c2-6(3,4)1-5/h1,5H2. The predicted molar refractivity (Wildman–Crippen MR) is 32.4 cm³/mol. The molecule has 0 rings (SSSR count). The van der Waals surface area contributed by atoms with Crippen LogP contribution in [0.5, 0.6) is 0 Å². The lowest BCUT2D eigenvalue weighted by atomic mass is 11.5. The van der Waals surface area contributed by atoms with E-state index in [1.807, 2.05) is 0 Å². The van der Waals surface area contributed by atoms with Crippen molar-refractivity contribution in [1.29, 1.82) is 0 Å². The molecule has 0 amide bonds. The first-order chi connectivity index (χ1) is 2.56. The summed E-state index contributed by atoms with van der Waals surface area (Å²) in [6, 6.07) is -2.44. The average molecular weight is 164 g/mol. The van der Waals surface area contributed by atoms with Crippen LogP contribution in [-0.2, 0) is 0 Å². The van der Waals surface area contributed by atoms with E-state index in [1.165, 1.54) is 0 Å². The zero-order valence-corrected chi connectivity index (χ0v) is 6.19. The Morgan fingerprint density at radius 2 is 1.50 bits per heavy atom. The Labute approximate surface area is 51.5 Å². The molecule has 0 heterocycles. The van der Waals surface area contributed by atoms with E-state index in [4.69, 9.17) is 39.0 Å². The fourth-order valence-electron chi connectivity index (χ4n) is 0. The third-order valence-electron chi connectivity index (χ3n) is 0.231. The highest BCUT2D eigenvalue weighted by Gasteiger charge is 2.21. The summed E-state index contributed by atoms with van der Waals surface area (Å²) in [4.78, 5) is 0. The van der Waals surface area contributed by atoms with E-state index in [2.05, 4.69) is 0 Å². The summed E-state index contributed by atoms with van der Waals surface area (Å²) in [5.74, 6) is 0. The second-order valence-electron chi connectivity index (χ2n) is 0.819. The summed E-state index contributed by atoms with van der Waals surface area (Å²) >= 11 is 15.8. The summed E-state index contributed by atoms with van der Waals surface area (Å²) in [7, 11) is 0. The normalized spacial score (nSPS) is 12.0. The maximum absolute atomic E-state index is 5.26. The van der Waals surface area contributed by atoms with Gasteiger partial charge in [-0.15, -0.1) is 33.2 Å². The van der Waals surface area contributed by atoms with Crippen molar-refractivity contribution in [3.63, 3.8) is 0 Å². The first-order valence-electron chi connectivity index (χ1n) is 1.33. The molecule has 38 valence electrons. The minimum absolute atomic E-state index is 0.206. The summed E-state index contributed by atoms with van der Waals surface area (Å²) in [5, 5.41) is 0. The number of hydrogen-bond donors (Lipinski definition) is 1. The smallest absolute Gasteiger partial charge is 0.330 e. The van der Waals surface area contributed by atoms with Crippen LogP contribution in [0.25, 0.3) is 0 Å². The molecule has 0 atom stereocenters. The second kappa shape index (κ2) is 2.38. The van der Waals surface area contributed by atoms with Crippen LogP contribution in [0, 0.1) is 0 Å². The number of rotatable bonds is 1. The van der Waals surface area contributed by atoms with Gasteiger partial charge in [-0.2, -0.15) is 0 Å². The van der Waals surface area contributed by atoms with Gasteiger partial charge in [-0.3, -0.25) is 0 Å². The molecule has 5 heteroatoms. The molecule has 0 radical (unpaired) electrons. The Balaban J connectivity index is 3.17. The lowest BCUT2D eigenvalue weighted by Gasteiger charge is -1.98. The highest BCUT2D eigenvalue weighted by molar-refractivity contribution is 7.64. The van der Waals surface area contributed by atoms with E-state index in [0.29, 0.717) is 0 Å². The minimum Gasteiger partial charge on any atom is -0.330 e. The van der Waals surface area contributed by atoms with E-state index >= 15 is 0 Å². The summed E-state index contributed by atoms with van der Waals surface area (Å²) < 4.78 is 0. The van der Waals surface area contributed by atoms with Gasteiger partial charge in [-0.05, 0) is 0 Å². The predicted octanol–water partition coefficient (Wildman–Crippen LogP) is 1.14. The molecule has 0 saturated heterocycles. The van der Waals surface area contributed by atoms with Crippen LogP contribution in [-0.4, -0.2) is 12.2 Å². The van der Waals surface area contributed by atoms with Crippen molar-refractivity contribution in [2.75, 3.05) is 6.17 Å². The van der Waals surface area contributed by atoms with Crippen molar-refractivity contribution in [1.82, 2.24) is 0 Å². The third kappa shape index (κ3) is 5.05. The van der Waals surface area contributed by atoms with Gasteiger partial charge < -0.3 is 5.73 Å². The van der Waals surface area contributed by atoms with Crippen molar-refractivity contribution in [3.8, 4) is 0 Å². The average Bonchev–Trinajstić information content (AvgIpc) is 1.35. The zero-order chi connectivity index (χ0) is 5.21. The maximum atomic E-state index is 5.26. The van der Waals surface area contributed by atoms with Gasteiger partial charge >= 0.3 is 6.00 Å². The van der Waals surface area contributed by atoms with Gasteiger partial charge in [0.25, 0.3) is 0 Å². The Morgan fingerprint density at radius 3 is 1.50 bits per heavy atom. The van der Waals surface area contributed by atoms with Crippen LogP contribution < -0.4 is 5.73 Å². The van der Waals surface area contributed by atoms with E-state index in [-0.39, 0.29) is 6.17 Å². The van der Waals surface area contributed by atoms with Crippen LogP contribution >= 0.6 is 33.2 Å². The topological polar surface area (TPSA) is 26.0 Å². The third-order valence-corrected chi connectivity index (χ3v) is 2.08. The molecule has 1 nitrogen and oxygen atoms in total. The Kier molecular flexibility index (Phi) is 2.79. The van der Waals surface area contributed by atoms with Gasteiger partial charge in [0.1, 0.15) is 0 Å². The van der Waals surface area contributed by atoms with Crippen molar-refractivity contribution in [2.45, 2.75) is 0 Å². The number of halogens is 3. The summed E-state index contributed by atoms with van der Waals surface area (Å²) in [5.41, 5.74) is 4.97. The highest BCUT2D eigenvalue weighted by atomic mass is 35.8. The fourth-order valence-corrected chi connectivity index (χ4v) is 0. The molecule has 6 heavy (non-hydrogen) atoms. The molecule has 0 bridgehead atoms. The quantitative estimate of drug-likeness (QED) is 0.457. The van der Waals surface area contributed by atoms with Gasteiger partial charge in [-0.25, -0.2) is 0 Å². The Hall–Kier alpha value is 1.05. The first-order valence-corrected chi connectivity index (χ1v) is 6.57. The lowest BCUT2D eigenvalue weighted by molar-refractivity contribution is 1.37. The van der Waals surface area contributed by atoms with Crippen LogP contribution in [0.4, 0.5) is 0 Å². The molecule has 0 aromatic carbocycles. The van der Waals surface area contributed by atoms with Crippen molar-refractivity contribution >= 4 is 39.2 Å². The molecule has 0 aliphatic carbocycles. The summed E-state index contributed by atoms with van der Waals surface area (Å²) in [6.45, 7) is 0. The van der Waals surface area contributed by atoms with E-state index in [9.17, 15) is 0 Å². The molecule has 2 N–H and O–H groups in total. The van der Waals surface area contributed by atoms with Crippen LogP contribution in [0.15, 0.2) is 0 Å². The Morgan fingerprint density at radius 1 is 1.33 bits per heavy atom. The first kappa shape index (κ1) is 7.05. The number of hydrogen-bond acceptors (Lipinski definition) is 1. The second-order valence-corrected chi connectivity index (χ2v) is 10.0. The number of nitrogens with two attached hydrogens (primary N) is 1. The SMILES string of the molecule is NC[Si](Cl)(Cl)Cl. The molecular formula is CH4Cl3NSi. The summed E-state index contributed by atoms with van der Waals surface area (Å²) in [6.07, 6.45) is 0.206. The molecule has 0 fully saturated rings. The Bertz CT molecular complexity index is 40.5.